The van der Waals surface area contributed by atoms with Gasteiger partial charge in [-0.25, -0.2) is 4.79 Å². The minimum Gasteiger partial charge on any atom is -0.508 e. The number of hydrogen-bond donors (Lipinski definition) is 10. The van der Waals surface area contributed by atoms with Crippen LogP contribution in [0.5, 0.6) is 5.75 Å². The van der Waals surface area contributed by atoms with Gasteiger partial charge >= 0.3 is 11.9 Å². The number of phenols is 1. The Hall–Kier alpha value is -4.44. The molecule has 0 radical (unpaired) electrons. The topological polar surface area (TPSA) is 293 Å². The van der Waals surface area contributed by atoms with Crippen LogP contribution in [0.25, 0.3) is 0 Å². The fourth-order valence-electron chi connectivity index (χ4n) is 3.48. The Morgan fingerprint density at radius 2 is 1.45 bits per heavy atom. The van der Waals surface area contributed by atoms with Gasteiger partial charge in [0.1, 0.15) is 17.8 Å². The van der Waals surface area contributed by atoms with Crippen molar-refractivity contribution in [1.82, 2.24) is 16.0 Å². The Morgan fingerprint density at radius 1 is 0.900 bits per heavy atom. The molecule has 1 rings (SSSR count). The standard InChI is InChI=1S/C24H37N7O9/c1-12(32)19(23(39)40)31-22(38)16(3-2-10-28-24(26)27)30-21(37)17(8-9-18(34)35)29-20(36)15(25)11-13-4-6-14(33)7-5-13/h4-7,12,15-17,19,32-33H,2-3,8-11,25H2,1H3,(H,29,36)(H,30,37)(H,31,38)(H,34,35)(H,39,40)(H4,26,27,28). The van der Waals surface area contributed by atoms with Crippen molar-refractivity contribution in [2.45, 2.75) is 69.3 Å². The third kappa shape index (κ3) is 12.4. The molecule has 0 fully saturated rings. The quantitative estimate of drug-likeness (QED) is 0.0515. The molecular weight excluding hydrogens is 530 g/mol. The second-order valence-electron chi connectivity index (χ2n) is 9.05. The third-order valence-corrected chi connectivity index (χ3v) is 5.63. The number of carboxylic acid groups (broad SMARTS) is 2. The van der Waals surface area contributed by atoms with Crippen LogP contribution in [-0.4, -0.2) is 92.9 Å². The van der Waals surface area contributed by atoms with E-state index in [-0.39, 0.29) is 43.9 Å². The van der Waals surface area contributed by atoms with Crippen LogP contribution in [-0.2, 0) is 30.4 Å². The summed E-state index contributed by atoms with van der Waals surface area (Å²) in [6, 6.07) is 0.366. The van der Waals surface area contributed by atoms with E-state index in [4.69, 9.17) is 22.3 Å². The number of amides is 3. The zero-order chi connectivity index (χ0) is 30.4. The lowest BCUT2D eigenvalue weighted by atomic mass is 10.0. The van der Waals surface area contributed by atoms with Crippen molar-refractivity contribution in [3.8, 4) is 5.75 Å². The number of benzene rings is 1. The zero-order valence-corrected chi connectivity index (χ0v) is 21.9. The highest BCUT2D eigenvalue weighted by atomic mass is 16.4. The van der Waals surface area contributed by atoms with Crippen molar-refractivity contribution in [3.05, 3.63) is 29.8 Å². The molecule has 0 heterocycles. The van der Waals surface area contributed by atoms with Crippen molar-refractivity contribution in [3.63, 3.8) is 0 Å². The summed E-state index contributed by atoms with van der Waals surface area (Å²) < 4.78 is 0. The van der Waals surface area contributed by atoms with E-state index in [0.717, 1.165) is 6.92 Å². The van der Waals surface area contributed by atoms with Crippen LogP contribution in [0.3, 0.4) is 0 Å². The van der Waals surface area contributed by atoms with Gasteiger partial charge in [0.2, 0.25) is 17.7 Å². The molecule has 13 N–H and O–H groups in total. The highest BCUT2D eigenvalue weighted by molar-refractivity contribution is 5.94. The predicted molar refractivity (Wildman–Crippen MR) is 142 cm³/mol. The summed E-state index contributed by atoms with van der Waals surface area (Å²) >= 11 is 0. The maximum atomic E-state index is 13.1. The Morgan fingerprint density at radius 3 is 1.98 bits per heavy atom. The molecule has 0 saturated heterocycles. The number of nitrogens with two attached hydrogens (primary N) is 3. The largest absolute Gasteiger partial charge is 0.508 e. The summed E-state index contributed by atoms with van der Waals surface area (Å²) in [7, 11) is 0. The number of rotatable bonds is 17. The zero-order valence-electron chi connectivity index (χ0n) is 21.9. The molecule has 0 aromatic heterocycles. The first-order chi connectivity index (χ1) is 18.7. The highest BCUT2D eigenvalue weighted by Crippen LogP contribution is 2.11. The van der Waals surface area contributed by atoms with Gasteiger partial charge in [-0.2, -0.15) is 0 Å². The second-order valence-corrected chi connectivity index (χ2v) is 9.05. The fourth-order valence-corrected chi connectivity index (χ4v) is 3.48. The van der Waals surface area contributed by atoms with Crippen LogP contribution in [0.4, 0.5) is 0 Å². The number of nitrogens with zero attached hydrogens (tertiary/aromatic N) is 1. The molecule has 1 aromatic carbocycles. The van der Waals surface area contributed by atoms with Crippen molar-refractivity contribution < 1.29 is 44.4 Å². The molecule has 0 aliphatic carbocycles. The van der Waals surface area contributed by atoms with Crippen molar-refractivity contribution in [2.75, 3.05) is 6.54 Å². The fraction of sp³-hybridized carbons (Fsp3) is 0.500. The molecular formula is C24H37N7O9. The monoisotopic (exact) mass is 567 g/mol. The minimum absolute atomic E-state index is 0.0205. The van der Waals surface area contributed by atoms with E-state index in [0.29, 0.717) is 5.56 Å². The number of aliphatic hydroxyl groups excluding tert-OH is 1. The summed E-state index contributed by atoms with van der Waals surface area (Å²) in [5.41, 5.74) is 17.1. The molecule has 16 heteroatoms. The second kappa shape index (κ2) is 16.5. The molecule has 0 spiro atoms. The predicted octanol–water partition coefficient (Wildman–Crippen LogP) is -2.90. The SMILES string of the molecule is CC(O)C(NC(=O)C(CCCN=C(N)N)NC(=O)C(CCC(=O)O)NC(=O)C(N)Cc1ccc(O)cc1)C(=O)O. The molecule has 0 bridgehead atoms. The lowest BCUT2D eigenvalue weighted by Crippen LogP contribution is -2.58. The summed E-state index contributed by atoms with van der Waals surface area (Å²) in [5.74, 6) is -5.57. The minimum atomic E-state index is -1.68. The Labute approximate surface area is 230 Å². The van der Waals surface area contributed by atoms with E-state index in [1.807, 2.05) is 0 Å². The molecule has 16 nitrogen and oxygen atoms in total. The first-order valence-corrected chi connectivity index (χ1v) is 12.3. The number of carbonyl (C=O) groups is 5. The number of aliphatic imine (C=N–C) groups is 1. The van der Waals surface area contributed by atoms with Gasteiger partial charge < -0.3 is 53.6 Å². The Bertz CT molecular complexity index is 1060. The van der Waals surface area contributed by atoms with Crippen molar-refractivity contribution in [1.29, 1.82) is 0 Å². The smallest absolute Gasteiger partial charge is 0.328 e. The number of carboxylic acids is 2. The van der Waals surface area contributed by atoms with E-state index in [1.54, 1.807) is 12.1 Å². The molecule has 1 aromatic rings. The number of aliphatic carboxylic acids is 2. The van der Waals surface area contributed by atoms with Crippen LogP contribution in [0.2, 0.25) is 0 Å². The summed E-state index contributed by atoms with van der Waals surface area (Å²) in [4.78, 5) is 65.1. The van der Waals surface area contributed by atoms with Gasteiger partial charge in [0.15, 0.2) is 12.0 Å². The third-order valence-electron chi connectivity index (χ3n) is 5.63. The number of guanidine groups is 1. The van der Waals surface area contributed by atoms with Crippen LogP contribution in [0.1, 0.15) is 38.2 Å². The number of phenolic OH excluding ortho intramolecular Hbond substituents is 1. The van der Waals surface area contributed by atoms with Crippen LogP contribution < -0.4 is 33.2 Å². The first-order valence-electron chi connectivity index (χ1n) is 12.3. The van der Waals surface area contributed by atoms with Crippen LogP contribution >= 0.6 is 0 Å². The molecule has 0 aliphatic heterocycles. The molecule has 0 aliphatic rings. The summed E-state index contributed by atoms with van der Waals surface area (Å²) in [6.45, 7) is 1.23. The van der Waals surface area contributed by atoms with Gasteiger partial charge in [-0.3, -0.25) is 24.2 Å². The van der Waals surface area contributed by atoms with Gasteiger partial charge in [-0.15, -0.1) is 0 Å². The summed E-state index contributed by atoms with van der Waals surface area (Å²) in [6.07, 6.45) is -2.15. The molecule has 3 amide bonds. The number of carbonyl (C=O) groups excluding carboxylic acids is 3. The Balaban J connectivity index is 3.06. The average molecular weight is 568 g/mol. The van der Waals surface area contributed by atoms with Crippen molar-refractivity contribution >= 4 is 35.6 Å². The number of nitrogens with one attached hydrogen (secondary N) is 3. The number of hydrogen-bond acceptors (Lipinski definition) is 9. The number of aliphatic hydroxyl groups is 1. The molecule has 5 atom stereocenters. The van der Waals surface area contributed by atoms with E-state index in [2.05, 4.69) is 20.9 Å². The van der Waals surface area contributed by atoms with Gasteiger partial charge in [0, 0.05) is 13.0 Å². The van der Waals surface area contributed by atoms with Gasteiger partial charge in [0.05, 0.1) is 12.1 Å². The van der Waals surface area contributed by atoms with E-state index >= 15 is 0 Å². The molecule has 40 heavy (non-hydrogen) atoms. The molecule has 5 unspecified atom stereocenters. The maximum Gasteiger partial charge on any atom is 0.328 e. The highest BCUT2D eigenvalue weighted by Gasteiger charge is 2.32. The molecule has 0 saturated carbocycles. The van der Waals surface area contributed by atoms with Crippen LogP contribution in [0, 0.1) is 0 Å². The average Bonchev–Trinajstić information content (AvgIpc) is 2.86. The summed E-state index contributed by atoms with van der Waals surface area (Å²) in [5, 5.41) is 44.4. The van der Waals surface area contributed by atoms with Crippen molar-refractivity contribution in [2.24, 2.45) is 22.2 Å². The van der Waals surface area contributed by atoms with E-state index in [1.165, 1.54) is 12.1 Å². The first kappa shape index (κ1) is 33.6. The normalized spacial score (nSPS) is 14.5. The Kier molecular flexibility index (Phi) is 13.9. The van der Waals surface area contributed by atoms with Gasteiger partial charge in [-0.1, -0.05) is 12.1 Å². The van der Waals surface area contributed by atoms with E-state index < -0.39 is 66.4 Å². The lowest BCUT2D eigenvalue weighted by Gasteiger charge is -2.25. The lowest BCUT2D eigenvalue weighted by molar-refractivity contribution is -0.145. The van der Waals surface area contributed by atoms with Gasteiger partial charge in [0.25, 0.3) is 0 Å². The van der Waals surface area contributed by atoms with Crippen LogP contribution in [0.15, 0.2) is 29.3 Å². The molecule has 222 valence electrons. The number of aromatic hydroxyl groups is 1. The van der Waals surface area contributed by atoms with Gasteiger partial charge in [-0.05, 0) is 50.3 Å². The van der Waals surface area contributed by atoms with E-state index in [9.17, 15) is 39.3 Å². The maximum absolute atomic E-state index is 13.1.